The summed E-state index contributed by atoms with van der Waals surface area (Å²) in [6, 6.07) is 7.06. The van der Waals surface area contributed by atoms with Gasteiger partial charge in [0.25, 0.3) is 11.8 Å². The van der Waals surface area contributed by atoms with Crippen molar-refractivity contribution in [2.75, 3.05) is 13.1 Å². The minimum atomic E-state index is -0.169. The van der Waals surface area contributed by atoms with Crippen molar-refractivity contribution in [1.82, 2.24) is 10.0 Å². The maximum atomic E-state index is 12.3. The molecule has 0 atom stereocenters. The van der Waals surface area contributed by atoms with Gasteiger partial charge in [-0.1, -0.05) is 25.0 Å². The number of hydrogen-bond donors (Lipinski definition) is 0. The largest absolute Gasteiger partial charge is 0.276 e. The molecule has 4 heteroatoms. The number of nitrogens with zero attached hydrogens (tertiary/aromatic N) is 2. The Morgan fingerprint density at radius 3 is 1.78 bits per heavy atom. The second-order valence-electron chi connectivity index (χ2n) is 4.84. The monoisotopic (exact) mass is 244 g/mol. The van der Waals surface area contributed by atoms with Crippen LogP contribution in [0.1, 0.15) is 46.4 Å². The fraction of sp³-hybridized carbons (Fsp3) is 0.429. The van der Waals surface area contributed by atoms with E-state index in [4.69, 9.17) is 0 Å². The van der Waals surface area contributed by atoms with E-state index >= 15 is 0 Å². The standard InChI is InChI=1S/C14H16N2O2/c17-13-11-7-3-4-8-12(11)14(18)16(13)15-9-5-1-2-6-10-15/h3-4,7-8H,1-2,5-6,9-10H2. The first-order valence-electron chi connectivity index (χ1n) is 6.52. The van der Waals surface area contributed by atoms with Crippen molar-refractivity contribution in [3.63, 3.8) is 0 Å². The van der Waals surface area contributed by atoms with Gasteiger partial charge in [-0.15, -0.1) is 0 Å². The number of amides is 2. The van der Waals surface area contributed by atoms with Gasteiger partial charge in [0, 0.05) is 13.1 Å². The summed E-state index contributed by atoms with van der Waals surface area (Å²) in [6.45, 7) is 1.59. The molecule has 0 bridgehead atoms. The molecule has 0 N–H and O–H groups in total. The van der Waals surface area contributed by atoms with Gasteiger partial charge in [-0.3, -0.25) is 9.59 Å². The highest BCUT2D eigenvalue weighted by atomic mass is 16.2. The van der Waals surface area contributed by atoms with Gasteiger partial charge in [-0.2, -0.15) is 0 Å². The summed E-state index contributed by atoms with van der Waals surface area (Å²) < 4.78 is 0. The summed E-state index contributed by atoms with van der Waals surface area (Å²) in [7, 11) is 0. The van der Waals surface area contributed by atoms with E-state index < -0.39 is 0 Å². The van der Waals surface area contributed by atoms with Crippen LogP contribution in [0.2, 0.25) is 0 Å². The molecule has 4 nitrogen and oxygen atoms in total. The fourth-order valence-electron chi connectivity index (χ4n) is 2.69. The number of hydrogen-bond acceptors (Lipinski definition) is 3. The number of benzene rings is 1. The highest BCUT2D eigenvalue weighted by Crippen LogP contribution is 2.25. The molecule has 18 heavy (non-hydrogen) atoms. The number of hydrazine groups is 1. The molecular weight excluding hydrogens is 228 g/mol. The maximum absolute atomic E-state index is 12.3. The average molecular weight is 244 g/mol. The molecule has 2 heterocycles. The van der Waals surface area contributed by atoms with Gasteiger partial charge in [-0.05, 0) is 25.0 Å². The first-order valence-corrected chi connectivity index (χ1v) is 6.52. The minimum absolute atomic E-state index is 0.169. The van der Waals surface area contributed by atoms with Crippen LogP contribution in [0.3, 0.4) is 0 Å². The lowest BCUT2D eigenvalue weighted by molar-refractivity contribution is 0.00300. The van der Waals surface area contributed by atoms with Gasteiger partial charge in [0.15, 0.2) is 0 Å². The number of imide groups is 1. The predicted molar refractivity (Wildman–Crippen MR) is 67.0 cm³/mol. The lowest BCUT2D eigenvalue weighted by atomic mass is 10.1. The van der Waals surface area contributed by atoms with Crippen LogP contribution in [0.15, 0.2) is 24.3 Å². The number of fused-ring (bicyclic) bond motifs is 1. The number of rotatable bonds is 1. The van der Waals surface area contributed by atoms with E-state index in [1.165, 1.54) is 17.9 Å². The molecule has 94 valence electrons. The van der Waals surface area contributed by atoms with E-state index in [1.54, 1.807) is 24.3 Å². The summed E-state index contributed by atoms with van der Waals surface area (Å²) >= 11 is 0. The van der Waals surface area contributed by atoms with Gasteiger partial charge in [0.05, 0.1) is 11.1 Å². The molecule has 0 spiro atoms. The summed E-state index contributed by atoms with van der Waals surface area (Å²) in [6.07, 6.45) is 4.46. The Morgan fingerprint density at radius 2 is 1.28 bits per heavy atom. The van der Waals surface area contributed by atoms with Crippen LogP contribution in [0.5, 0.6) is 0 Å². The van der Waals surface area contributed by atoms with Crippen molar-refractivity contribution in [1.29, 1.82) is 0 Å². The Labute approximate surface area is 106 Å². The van der Waals surface area contributed by atoms with Gasteiger partial charge in [0.1, 0.15) is 0 Å². The second kappa shape index (κ2) is 4.53. The first-order chi connectivity index (χ1) is 8.79. The third kappa shape index (κ3) is 1.73. The fourth-order valence-corrected chi connectivity index (χ4v) is 2.69. The predicted octanol–water partition coefficient (Wildman–Crippen LogP) is 2.07. The third-order valence-electron chi connectivity index (χ3n) is 3.64. The van der Waals surface area contributed by atoms with Crippen molar-refractivity contribution < 1.29 is 9.59 Å². The molecule has 1 aromatic rings. The summed E-state index contributed by atoms with van der Waals surface area (Å²) in [5, 5.41) is 3.26. The van der Waals surface area contributed by atoms with Crippen molar-refractivity contribution in [3.8, 4) is 0 Å². The summed E-state index contributed by atoms with van der Waals surface area (Å²) in [4.78, 5) is 24.6. The van der Waals surface area contributed by atoms with Crippen molar-refractivity contribution >= 4 is 11.8 Å². The van der Waals surface area contributed by atoms with Crippen LogP contribution < -0.4 is 0 Å². The van der Waals surface area contributed by atoms with Crippen molar-refractivity contribution in [3.05, 3.63) is 35.4 Å². The van der Waals surface area contributed by atoms with Gasteiger partial charge < -0.3 is 0 Å². The quantitative estimate of drug-likeness (QED) is 0.710. The van der Waals surface area contributed by atoms with Crippen LogP contribution in [-0.4, -0.2) is 34.9 Å². The van der Waals surface area contributed by atoms with E-state index in [0.717, 1.165) is 25.9 Å². The van der Waals surface area contributed by atoms with Crippen molar-refractivity contribution in [2.45, 2.75) is 25.7 Å². The lowest BCUT2D eigenvalue weighted by Crippen LogP contribution is -2.46. The molecule has 0 radical (unpaired) electrons. The van der Waals surface area contributed by atoms with Crippen LogP contribution in [0.25, 0.3) is 0 Å². The number of carbonyl (C=O) groups is 2. The Morgan fingerprint density at radius 1 is 0.778 bits per heavy atom. The zero-order valence-electron chi connectivity index (χ0n) is 10.3. The normalized spacial score (nSPS) is 21.0. The van der Waals surface area contributed by atoms with E-state index in [2.05, 4.69) is 0 Å². The van der Waals surface area contributed by atoms with Crippen LogP contribution in [-0.2, 0) is 0 Å². The second-order valence-corrected chi connectivity index (χ2v) is 4.84. The van der Waals surface area contributed by atoms with Gasteiger partial charge in [0.2, 0.25) is 0 Å². The Balaban J connectivity index is 1.91. The summed E-state index contributed by atoms with van der Waals surface area (Å²) in [5.41, 5.74) is 1.07. The molecular formula is C14H16N2O2. The minimum Gasteiger partial charge on any atom is -0.267 e. The van der Waals surface area contributed by atoms with E-state index in [9.17, 15) is 9.59 Å². The zero-order chi connectivity index (χ0) is 12.5. The van der Waals surface area contributed by atoms with Crippen LogP contribution in [0, 0.1) is 0 Å². The van der Waals surface area contributed by atoms with Crippen LogP contribution in [0.4, 0.5) is 0 Å². The van der Waals surface area contributed by atoms with E-state index in [-0.39, 0.29) is 11.8 Å². The highest BCUT2D eigenvalue weighted by molar-refractivity contribution is 6.20. The van der Waals surface area contributed by atoms with E-state index in [0.29, 0.717) is 11.1 Å². The highest BCUT2D eigenvalue weighted by Gasteiger charge is 2.38. The molecule has 2 aliphatic heterocycles. The lowest BCUT2D eigenvalue weighted by Gasteiger charge is -2.28. The molecule has 0 unspecified atom stereocenters. The molecule has 2 amide bonds. The molecule has 3 rings (SSSR count). The summed E-state index contributed by atoms with van der Waals surface area (Å²) in [5.74, 6) is -0.338. The maximum Gasteiger partial charge on any atom is 0.276 e. The molecule has 1 fully saturated rings. The van der Waals surface area contributed by atoms with Gasteiger partial charge >= 0.3 is 0 Å². The van der Waals surface area contributed by atoms with E-state index in [1.807, 2.05) is 5.01 Å². The average Bonchev–Trinajstić information content (AvgIpc) is 2.61. The molecule has 1 aromatic carbocycles. The molecule has 0 aromatic heterocycles. The molecule has 0 saturated carbocycles. The van der Waals surface area contributed by atoms with Gasteiger partial charge in [-0.25, -0.2) is 10.0 Å². The molecule has 0 aliphatic carbocycles. The van der Waals surface area contributed by atoms with Crippen LogP contribution >= 0.6 is 0 Å². The third-order valence-corrected chi connectivity index (χ3v) is 3.64. The molecule has 1 saturated heterocycles. The Hall–Kier alpha value is -1.68. The Kier molecular flexibility index (Phi) is 2.88. The number of carbonyl (C=O) groups excluding carboxylic acids is 2. The SMILES string of the molecule is O=C1c2ccccc2C(=O)N1N1CCCCCC1. The Bertz CT molecular complexity index is 455. The first kappa shape index (κ1) is 11.4. The zero-order valence-corrected chi connectivity index (χ0v) is 10.3. The smallest absolute Gasteiger partial charge is 0.267 e. The molecule has 2 aliphatic rings. The van der Waals surface area contributed by atoms with Crippen molar-refractivity contribution in [2.24, 2.45) is 0 Å². The topological polar surface area (TPSA) is 40.6 Å².